The average molecular weight is 517 g/mol. The third kappa shape index (κ3) is 4.26. The second kappa shape index (κ2) is 9.33. The first-order valence-electron chi connectivity index (χ1n) is 12.7. The van der Waals surface area contributed by atoms with Gasteiger partial charge in [0.15, 0.2) is 11.4 Å². The number of alkyl halides is 2. The van der Waals surface area contributed by atoms with Crippen molar-refractivity contribution in [2.24, 2.45) is 11.8 Å². The van der Waals surface area contributed by atoms with E-state index in [4.69, 9.17) is 9.72 Å². The van der Waals surface area contributed by atoms with Crippen LogP contribution in [0, 0.1) is 11.8 Å². The summed E-state index contributed by atoms with van der Waals surface area (Å²) in [5, 5.41) is 6.85. The minimum atomic E-state index is -2.79. The second-order valence-corrected chi connectivity index (χ2v) is 11.3. The van der Waals surface area contributed by atoms with Crippen LogP contribution >= 0.6 is 11.5 Å². The Morgan fingerprint density at radius 1 is 1.19 bits per heavy atom. The largest absolute Gasteiger partial charge is 0.374 e. The fraction of sp³-hybridized carbons (Fsp3) is 0.600. The lowest BCUT2D eigenvalue weighted by molar-refractivity contribution is 0.0988. The molecule has 2 atom stereocenters. The number of ether oxygens (including phenoxy) is 1. The summed E-state index contributed by atoms with van der Waals surface area (Å²) in [6.45, 7) is 5.91. The van der Waals surface area contributed by atoms with Gasteiger partial charge in [0.2, 0.25) is 0 Å². The van der Waals surface area contributed by atoms with Gasteiger partial charge in [-0.1, -0.05) is 13.8 Å². The zero-order chi connectivity index (χ0) is 25.0. The van der Waals surface area contributed by atoms with Gasteiger partial charge in [0.05, 0.1) is 35.2 Å². The van der Waals surface area contributed by atoms with E-state index in [0.29, 0.717) is 30.0 Å². The quantitative estimate of drug-likeness (QED) is 0.470. The maximum atomic E-state index is 13.9. The van der Waals surface area contributed by atoms with Crippen LogP contribution in [0.1, 0.15) is 74.6 Å². The first-order chi connectivity index (χ1) is 17.4. The number of amides is 1. The van der Waals surface area contributed by atoms with Crippen molar-refractivity contribution in [3.05, 3.63) is 29.7 Å². The van der Waals surface area contributed by atoms with Crippen LogP contribution in [-0.2, 0) is 4.74 Å². The molecule has 8 nitrogen and oxygen atoms in total. The molecule has 0 aromatic carbocycles. The summed E-state index contributed by atoms with van der Waals surface area (Å²) in [5.74, 6) is 1.50. The van der Waals surface area contributed by atoms with E-state index in [1.165, 1.54) is 11.5 Å². The number of anilines is 2. The smallest absolute Gasteiger partial charge is 0.284 e. The summed E-state index contributed by atoms with van der Waals surface area (Å²) >= 11 is 1.17. The summed E-state index contributed by atoms with van der Waals surface area (Å²) in [7, 11) is 0. The lowest BCUT2D eigenvalue weighted by atomic mass is 9.80. The molecule has 1 aliphatic carbocycles. The van der Waals surface area contributed by atoms with Crippen LogP contribution in [0.2, 0.25) is 0 Å². The summed E-state index contributed by atoms with van der Waals surface area (Å²) < 4.78 is 40.1. The number of halogens is 2. The molecule has 3 aromatic heterocycles. The van der Waals surface area contributed by atoms with Crippen molar-refractivity contribution >= 4 is 39.2 Å². The van der Waals surface area contributed by atoms with Crippen LogP contribution < -0.4 is 10.2 Å². The van der Waals surface area contributed by atoms with Crippen LogP contribution in [0.5, 0.6) is 0 Å². The van der Waals surface area contributed by atoms with E-state index < -0.39 is 18.0 Å². The van der Waals surface area contributed by atoms with E-state index in [0.717, 1.165) is 49.2 Å². The highest BCUT2D eigenvalue weighted by Gasteiger charge is 2.39. The number of aromatic nitrogens is 4. The van der Waals surface area contributed by atoms with Gasteiger partial charge < -0.3 is 15.0 Å². The van der Waals surface area contributed by atoms with Gasteiger partial charge in [-0.3, -0.25) is 9.48 Å². The predicted octanol–water partition coefficient (Wildman–Crippen LogP) is 5.44. The van der Waals surface area contributed by atoms with Gasteiger partial charge in [0.1, 0.15) is 11.3 Å². The van der Waals surface area contributed by atoms with E-state index in [9.17, 15) is 13.6 Å². The number of fused-ring (bicyclic) bond motifs is 3. The Morgan fingerprint density at radius 3 is 2.67 bits per heavy atom. The van der Waals surface area contributed by atoms with E-state index in [-0.39, 0.29) is 23.5 Å². The van der Waals surface area contributed by atoms with Crippen LogP contribution in [-0.4, -0.2) is 50.3 Å². The molecule has 1 saturated carbocycles. The Labute approximate surface area is 212 Å². The van der Waals surface area contributed by atoms with Crippen LogP contribution in [0.25, 0.3) is 10.2 Å². The predicted molar refractivity (Wildman–Crippen MR) is 134 cm³/mol. The molecule has 1 amide bonds. The van der Waals surface area contributed by atoms with Gasteiger partial charge in [0, 0.05) is 12.7 Å². The molecule has 0 radical (unpaired) electrons. The summed E-state index contributed by atoms with van der Waals surface area (Å²) in [4.78, 5) is 20.2. The van der Waals surface area contributed by atoms with Gasteiger partial charge in [-0.25, -0.2) is 13.8 Å². The van der Waals surface area contributed by atoms with Crippen LogP contribution in [0.15, 0.2) is 18.3 Å². The SMILES string of the molecule is CC(C)[C@H]1CC[C@H](n2cc(NC(=O)c3nsc4ccc(N5CC6CC5CO6)nc34)c(C(F)F)n2)CC1. The number of pyridine rings is 1. The number of hydrogen-bond acceptors (Lipinski definition) is 7. The van der Waals surface area contributed by atoms with Crippen molar-refractivity contribution in [3.8, 4) is 0 Å². The Balaban J connectivity index is 1.23. The van der Waals surface area contributed by atoms with Gasteiger partial charge in [-0.05, 0) is 67.6 Å². The fourth-order valence-electron chi connectivity index (χ4n) is 5.87. The number of carbonyl (C=O) groups excluding carboxylic acids is 1. The molecule has 6 rings (SSSR count). The molecule has 5 heterocycles. The van der Waals surface area contributed by atoms with Crippen molar-refractivity contribution in [2.75, 3.05) is 23.4 Å². The lowest BCUT2D eigenvalue weighted by Crippen LogP contribution is -2.37. The third-order valence-corrected chi connectivity index (χ3v) is 8.79. The lowest BCUT2D eigenvalue weighted by Gasteiger charge is -2.30. The maximum Gasteiger partial charge on any atom is 0.284 e. The highest BCUT2D eigenvalue weighted by molar-refractivity contribution is 7.13. The number of nitrogens with one attached hydrogen (secondary N) is 1. The molecule has 2 unspecified atom stereocenters. The number of hydrogen-bond donors (Lipinski definition) is 1. The van der Waals surface area contributed by atoms with Crippen molar-refractivity contribution in [1.29, 1.82) is 0 Å². The summed E-state index contributed by atoms with van der Waals surface area (Å²) in [6.07, 6.45) is 3.86. The molecule has 2 saturated heterocycles. The molecule has 0 spiro atoms. The van der Waals surface area contributed by atoms with Crippen molar-refractivity contribution in [3.63, 3.8) is 0 Å². The molecule has 2 bridgehead atoms. The third-order valence-electron chi connectivity index (χ3n) is 7.99. The maximum absolute atomic E-state index is 13.9. The molecule has 3 aliphatic rings. The summed E-state index contributed by atoms with van der Waals surface area (Å²) in [6, 6.07) is 4.20. The number of rotatable bonds is 6. The van der Waals surface area contributed by atoms with Crippen molar-refractivity contribution in [2.45, 2.75) is 70.6 Å². The topological polar surface area (TPSA) is 85.2 Å². The highest BCUT2D eigenvalue weighted by atomic mass is 32.1. The molecular formula is C25H30F2N6O2S. The Hall–Kier alpha value is -2.66. The Bertz CT molecular complexity index is 1270. The van der Waals surface area contributed by atoms with Gasteiger partial charge >= 0.3 is 0 Å². The molecular weight excluding hydrogens is 486 g/mol. The molecule has 192 valence electrons. The molecule has 2 aliphatic heterocycles. The zero-order valence-electron chi connectivity index (χ0n) is 20.4. The van der Waals surface area contributed by atoms with Crippen LogP contribution in [0.3, 0.4) is 0 Å². The highest BCUT2D eigenvalue weighted by Crippen LogP contribution is 2.38. The minimum absolute atomic E-state index is 0.0345. The standard InChI is InChI=1S/C25H30F2N6O2S/c1-13(2)14-3-5-15(6-4-14)33-11-18(21(30-33)24(26)27)28-25(34)23-22-19(36-31-23)7-8-20(29-22)32-10-17-9-16(32)12-35-17/h7-8,11,13-17,24H,3-6,9-10,12H2,1-2H3,(H,28,34)/t14-,15-,16?,17?. The van der Waals surface area contributed by atoms with E-state index in [2.05, 4.69) is 33.5 Å². The number of morpholine rings is 1. The molecule has 11 heteroatoms. The van der Waals surface area contributed by atoms with Gasteiger partial charge in [-0.15, -0.1) is 0 Å². The summed E-state index contributed by atoms with van der Waals surface area (Å²) in [5.41, 5.74) is 0.252. The average Bonchev–Trinajstić information content (AvgIpc) is 3.66. The Morgan fingerprint density at radius 2 is 2.00 bits per heavy atom. The van der Waals surface area contributed by atoms with E-state index >= 15 is 0 Å². The zero-order valence-corrected chi connectivity index (χ0v) is 21.2. The van der Waals surface area contributed by atoms with Crippen LogP contribution in [0.4, 0.5) is 20.3 Å². The monoisotopic (exact) mass is 516 g/mol. The van der Waals surface area contributed by atoms with Crippen molar-refractivity contribution in [1.82, 2.24) is 19.1 Å². The van der Waals surface area contributed by atoms with E-state index in [1.807, 2.05) is 12.1 Å². The fourth-order valence-corrected chi connectivity index (χ4v) is 6.59. The Kier molecular flexibility index (Phi) is 6.15. The molecule has 1 N–H and O–H groups in total. The number of carbonyl (C=O) groups is 1. The number of nitrogens with zero attached hydrogens (tertiary/aromatic N) is 5. The second-order valence-electron chi connectivity index (χ2n) is 10.5. The first-order valence-corrected chi connectivity index (χ1v) is 13.5. The molecule has 36 heavy (non-hydrogen) atoms. The van der Waals surface area contributed by atoms with Gasteiger partial charge in [0.25, 0.3) is 12.3 Å². The molecule has 3 fully saturated rings. The van der Waals surface area contributed by atoms with E-state index in [1.54, 1.807) is 10.9 Å². The molecule has 3 aromatic rings. The minimum Gasteiger partial charge on any atom is -0.374 e. The van der Waals surface area contributed by atoms with Gasteiger partial charge in [-0.2, -0.15) is 9.47 Å². The first kappa shape index (κ1) is 23.7. The van der Waals surface area contributed by atoms with Crippen molar-refractivity contribution < 1.29 is 18.3 Å². The normalized spacial score (nSPS) is 26.0.